The Hall–Kier alpha value is -1.10. The van der Waals surface area contributed by atoms with Gasteiger partial charge < -0.3 is 15.5 Å². The van der Waals surface area contributed by atoms with Crippen LogP contribution in [0.2, 0.25) is 0 Å². The zero-order valence-corrected chi connectivity index (χ0v) is 14.1. The van der Waals surface area contributed by atoms with Gasteiger partial charge in [0.2, 0.25) is 11.8 Å². The van der Waals surface area contributed by atoms with Crippen LogP contribution >= 0.6 is 0 Å². The highest BCUT2D eigenvalue weighted by atomic mass is 16.2. The van der Waals surface area contributed by atoms with E-state index in [1.165, 1.54) is 6.42 Å². The molecule has 0 aliphatic carbocycles. The molecule has 0 spiro atoms. The van der Waals surface area contributed by atoms with Crippen molar-refractivity contribution in [2.24, 2.45) is 5.92 Å². The van der Waals surface area contributed by atoms with Gasteiger partial charge in [0.25, 0.3) is 0 Å². The van der Waals surface area contributed by atoms with Crippen molar-refractivity contribution in [2.45, 2.75) is 70.9 Å². The van der Waals surface area contributed by atoms with Crippen molar-refractivity contribution in [2.75, 3.05) is 19.6 Å². The smallest absolute Gasteiger partial charge is 0.237 e. The summed E-state index contributed by atoms with van der Waals surface area (Å²) in [7, 11) is 0. The van der Waals surface area contributed by atoms with Gasteiger partial charge in [-0.2, -0.15) is 0 Å². The zero-order valence-electron chi connectivity index (χ0n) is 14.1. The van der Waals surface area contributed by atoms with Gasteiger partial charge in [0.1, 0.15) is 0 Å². The molecule has 0 aromatic rings. The van der Waals surface area contributed by atoms with Gasteiger partial charge in [0, 0.05) is 25.0 Å². The van der Waals surface area contributed by atoms with Gasteiger partial charge in [-0.15, -0.1) is 0 Å². The lowest BCUT2D eigenvalue weighted by atomic mass is 9.98. The Kier molecular flexibility index (Phi) is 6.68. The highest BCUT2D eigenvalue weighted by Gasteiger charge is 2.28. The minimum absolute atomic E-state index is 0.0158. The molecule has 0 bridgehead atoms. The number of nitrogens with one attached hydrogen (secondary N) is 2. The molecule has 2 fully saturated rings. The van der Waals surface area contributed by atoms with Crippen molar-refractivity contribution in [3.8, 4) is 0 Å². The second-order valence-corrected chi connectivity index (χ2v) is 6.62. The summed E-state index contributed by atoms with van der Waals surface area (Å²) in [5, 5.41) is 6.45. The van der Waals surface area contributed by atoms with Crippen LogP contribution in [-0.4, -0.2) is 48.4 Å². The highest BCUT2D eigenvalue weighted by Crippen LogP contribution is 2.17. The average molecular weight is 309 g/mol. The first-order valence-corrected chi connectivity index (χ1v) is 8.98. The molecule has 2 amide bonds. The fourth-order valence-corrected chi connectivity index (χ4v) is 3.52. The summed E-state index contributed by atoms with van der Waals surface area (Å²) in [6.07, 6.45) is 6.83. The number of amides is 2. The second-order valence-electron chi connectivity index (χ2n) is 6.62. The van der Waals surface area contributed by atoms with E-state index in [0.717, 1.165) is 58.2 Å². The predicted molar refractivity (Wildman–Crippen MR) is 87.5 cm³/mol. The van der Waals surface area contributed by atoms with Crippen LogP contribution in [0.3, 0.4) is 0 Å². The van der Waals surface area contributed by atoms with Crippen LogP contribution in [0.1, 0.15) is 58.8 Å². The van der Waals surface area contributed by atoms with Crippen LogP contribution in [0.5, 0.6) is 0 Å². The lowest BCUT2D eigenvalue weighted by molar-refractivity contribution is -0.137. The summed E-state index contributed by atoms with van der Waals surface area (Å²) in [5.41, 5.74) is 0. The number of carbonyl (C=O) groups is 2. The van der Waals surface area contributed by atoms with Crippen molar-refractivity contribution in [3.05, 3.63) is 0 Å². The third kappa shape index (κ3) is 4.45. The maximum absolute atomic E-state index is 12.4. The van der Waals surface area contributed by atoms with E-state index in [2.05, 4.69) is 24.5 Å². The largest absolute Gasteiger partial charge is 0.352 e. The minimum Gasteiger partial charge on any atom is -0.352 e. The Balaban J connectivity index is 1.74. The van der Waals surface area contributed by atoms with E-state index in [1.807, 2.05) is 4.90 Å². The molecule has 2 N–H and O–H groups in total. The van der Waals surface area contributed by atoms with Crippen molar-refractivity contribution < 1.29 is 9.59 Å². The number of likely N-dealkylation sites (tertiary alicyclic amines) is 1. The first-order chi connectivity index (χ1) is 10.7. The number of piperidine rings is 2. The summed E-state index contributed by atoms with van der Waals surface area (Å²) in [5.74, 6) is 0.603. The first-order valence-electron chi connectivity index (χ1n) is 8.98. The molecule has 0 radical (unpaired) electrons. The molecule has 5 heteroatoms. The van der Waals surface area contributed by atoms with E-state index in [4.69, 9.17) is 0 Å². The number of hydrogen-bond acceptors (Lipinski definition) is 3. The standard InChI is InChI=1S/C17H31N3O2/c1-3-13(4-2)17(22)20-11-8-14(9-12-20)19-16(21)15-7-5-6-10-18-15/h13-15,18H,3-12H2,1-2H3,(H,19,21). The summed E-state index contributed by atoms with van der Waals surface area (Å²) < 4.78 is 0. The van der Waals surface area contributed by atoms with Crippen molar-refractivity contribution in [1.82, 2.24) is 15.5 Å². The quantitative estimate of drug-likeness (QED) is 0.812. The molecule has 2 saturated heterocycles. The van der Waals surface area contributed by atoms with Crippen LogP contribution in [0.4, 0.5) is 0 Å². The monoisotopic (exact) mass is 309 g/mol. The van der Waals surface area contributed by atoms with E-state index in [0.29, 0.717) is 5.91 Å². The van der Waals surface area contributed by atoms with E-state index in [1.54, 1.807) is 0 Å². The molecule has 5 nitrogen and oxygen atoms in total. The predicted octanol–water partition coefficient (Wildman–Crippen LogP) is 1.67. The fraction of sp³-hybridized carbons (Fsp3) is 0.882. The molecule has 2 heterocycles. The third-order valence-corrected chi connectivity index (χ3v) is 5.11. The average Bonchev–Trinajstić information content (AvgIpc) is 2.57. The SMILES string of the molecule is CCC(CC)C(=O)N1CCC(NC(=O)C2CCCCN2)CC1. The molecular weight excluding hydrogens is 278 g/mol. The van der Waals surface area contributed by atoms with Gasteiger partial charge in [-0.1, -0.05) is 20.3 Å². The Bertz CT molecular complexity index is 368. The van der Waals surface area contributed by atoms with E-state index < -0.39 is 0 Å². The van der Waals surface area contributed by atoms with Crippen molar-refractivity contribution in [1.29, 1.82) is 0 Å². The van der Waals surface area contributed by atoms with Crippen molar-refractivity contribution >= 4 is 11.8 Å². The Morgan fingerprint density at radius 1 is 1.14 bits per heavy atom. The molecule has 126 valence electrons. The minimum atomic E-state index is -0.0158. The van der Waals surface area contributed by atoms with Crippen LogP contribution in [0, 0.1) is 5.92 Å². The highest BCUT2D eigenvalue weighted by molar-refractivity contribution is 5.82. The number of rotatable bonds is 5. The lowest BCUT2D eigenvalue weighted by Crippen LogP contribution is -2.53. The van der Waals surface area contributed by atoms with E-state index in [-0.39, 0.29) is 23.9 Å². The number of nitrogens with zero attached hydrogens (tertiary/aromatic N) is 1. The first kappa shape index (κ1) is 17.3. The molecule has 2 rings (SSSR count). The second kappa shape index (κ2) is 8.51. The molecule has 1 atom stereocenters. The van der Waals surface area contributed by atoms with Crippen LogP contribution in [0.25, 0.3) is 0 Å². The van der Waals surface area contributed by atoms with Crippen molar-refractivity contribution in [3.63, 3.8) is 0 Å². The summed E-state index contributed by atoms with van der Waals surface area (Å²) in [4.78, 5) is 26.6. The molecule has 2 aliphatic heterocycles. The summed E-state index contributed by atoms with van der Waals surface area (Å²) in [6.45, 7) is 6.66. The molecule has 0 saturated carbocycles. The van der Waals surface area contributed by atoms with Gasteiger partial charge in [-0.25, -0.2) is 0 Å². The van der Waals surface area contributed by atoms with Crippen LogP contribution < -0.4 is 10.6 Å². The topological polar surface area (TPSA) is 61.4 Å². The Morgan fingerprint density at radius 3 is 2.36 bits per heavy atom. The third-order valence-electron chi connectivity index (χ3n) is 5.11. The van der Waals surface area contributed by atoms with Gasteiger partial charge in [-0.3, -0.25) is 9.59 Å². The maximum atomic E-state index is 12.4. The van der Waals surface area contributed by atoms with Gasteiger partial charge >= 0.3 is 0 Å². The molecule has 0 aromatic carbocycles. The van der Waals surface area contributed by atoms with E-state index >= 15 is 0 Å². The normalized spacial score (nSPS) is 23.6. The van der Waals surface area contributed by atoms with Gasteiger partial charge in [0.15, 0.2) is 0 Å². The Morgan fingerprint density at radius 2 is 1.82 bits per heavy atom. The fourth-order valence-electron chi connectivity index (χ4n) is 3.52. The van der Waals surface area contributed by atoms with Crippen LogP contribution in [-0.2, 0) is 9.59 Å². The molecule has 0 aromatic heterocycles. The maximum Gasteiger partial charge on any atom is 0.237 e. The number of carbonyl (C=O) groups excluding carboxylic acids is 2. The Labute approximate surface area is 134 Å². The summed E-state index contributed by atoms with van der Waals surface area (Å²) in [6, 6.07) is 0.208. The van der Waals surface area contributed by atoms with E-state index in [9.17, 15) is 9.59 Å². The molecular formula is C17H31N3O2. The zero-order chi connectivity index (χ0) is 15.9. The van der Waals surface area contributed by atoms with Gasteiger partial charge in [0.05, 0.1) is 6.04 Å². The number of hydrogen-bond donors (Lipinski definition) is 2. The summed E-state index contributed by atoms with van der Waals surface area (Å²) >= 11 is 0. The molecule has 1 unspecified atom stereocenters. The molecule has 22 heavy (non-hydrogen) atoms. The molecule has 2 aliphatic rings. The lowest BCUT2D eigenvalue weighted by Gasteiger charge is -2.35. The van der Waals surface area contributed by atoms with Gasteiger partial charge in [-0.05, 0) is 45.1 Å². The van der Waals surface area contributed by atoms with Crippen LogP contribution in [0.15, 0.2) is 0 Å².